The first kappa shape index (κ1) is 17.2. The summed E-state index contributed by atoms with van der Waals surface area (Å²) in [5, 5.41) is 11.3. The van der Waals surface area contributed by atoms with E-state index in [9.17, 15) is 13.2 Å². The van der Waals surface area contributed by atoms with E-state index >= 15 is 0 Å². The number of carbonyl (C=O) groups is 1. The summed E-state index contributed by atoms with van der Waals surface area (Å²) in [5.74, 6) is 4.99. The minimum absolute atomic E-state index is 0.232. The Balaban J connectivity index is 2.45. The van der Waals surface area contributed by atoms with Crippen molar-refractivity contribution in [2.24, 2.45) is 0 Å². The monoisotopic (exact) mass is 310 g/mol. The highest BCUT2D eigenvalue weighted by Crippen LogP contribution is 2.04. The molecule has 114 valence electrons. The maximum atomic E-state index is 11.9. The van der Waals surface area contributed by atoms with Crippen molar-refractivity contribution in [3.05, 3.63) is 35.4 Å². The first-order valence-corrected chi connectivity index (χ1v) is 8.24. The molecule has 7 heteroatoms. The standard InChI is InChI=1S/C14H18N2O4S/c1-21(19,20)16-9-4-8-15-14(18)13-7-2-5-12(11-13)6-3-10-17/h2,5,7,11,16-17H,4,8-10H2,1H3,(H,15,18). The molecule has 0 atom stereocenters. The SMILES string of the molecule is CS(=O)(=O)NCCCNC(=O)c1cccc(C#CCO)c1. The summed E-state index contributed by atoms with van der Waals surface area (Å²) in [6, 6.07) is 6.75. The van der Waals surface area contributed by atoms with Crippen LogP contribution in [0.15, 0.2) is 24.3 Å². The third kappa shape index (κ3) is 7.46. The lowest BCUT2D eigenvalue weighted by atomic mass is 10.1. The van der Waals surface area contributed by atoms with Gasteiger partial charge in [0, 0.05) is 24.2 Å². The van der Waals surface area contributed by atoms with Gasteiger partial charge in [0.15, 0.2) is 0 Å². The predicted molar refractivity (Wildman–Crippen MR) is 80.2 cm³/mol. The van der Waals surface area contributed by atoms with Gasteiger partial charge in [0.2, 0.25) is 10.0 Å². The molecule has 1 amide bonds. The Bertz CT molecular complexity index is 644. The molecule has 0 heterocycles. The zero-order valence-electron chi connectivity index (χ0n) is 11.7. The normalized spacial score (nSPS) is 10.6. The molecule has 0 radical (unpaired) electrons. The van der Waals surface area contributed by atoms with Crippen molar-refractivity contribution < 1.29 is 18.3 Å². The highest BCUT2D eigenvalue weighted by molar-refractivity contribution is 7.88. The van der Waals surface area contributed by atoms with Gasteiger partial charge in [-0.05, 0) is 24.6 Å². The first-order chi connectivity index (χ1) is 9.92. The smallest absolute Gasteiger partial charge is 0.251 e. The Hall–Kier alpha value is -1.88. The summed E-state index contributed by atoms with van der Waals surface area (Å²) in [7, 11) is -3.19. The van der Waals surface area contributed by atoms with Crippen molar-refractivity contribution in [3.8, 4) is 11.8 Å². The van der Waals surface area contributed by atoms with Gasteiger partial charge in [-0.3, -0.25) is 4.79 Å². The van der Waals surface area contributed by atoms with Crippen LogP contribution in [0.1, 0.15) is 22.3 Å². The molecule has 0 unspecified atom stereocenters. The Morgan fingerprint density at radius 1 is 1.33 bits per heavy atom. The van der Waals surface area contributed by atoms with Gasteiger partial charge in [0.1, 0.15) is 6.61 Å². The summed E-state index contributed by atoms with van der Waals surface area (Å²) in [4.78, 5) is 11.9. The Labute approximate surface area is 124 Å². The quantitative estimate of drug-likeness (QED) is 0.496. The average molecular weight is 310 g/mol. The Morgan fingerprint density at radius 2 is 2.10 bits per heavy atom. The van der Waals surface area contributed by atoms with Crippen LogP contribution in [0.25, 0.3) is 0 Å². The summed E-state index contributed by atoms with van der Waals surface area (Å²) in [6.07, 6.45) is 1.59. The van der Waals surface area contributed by atoms with Gasteiger partial charge in [-0.25, -0.2) is 13.1 Å². The molecular formula is C14H18N2O4S. The highest BCUT2D eigenvalue weighted by atomic mass is 32.2. The third-order valence-electron chi connectivity index (χ3n) is 2.44. The zero-order valence-corrected chi connectivity index (χ0v) is 12.5. The lowest BCUT2D eigenvalue weighted by molar-refractivity contribution is 0.0953. The molecule has 21 heavy (non-hydrogen) atoms. The summed E-state index contributed by atoms with van der Waals surface area (Å²) in [6.45, 7) is 0.415. The van der Waals surface area contributed by atoms with E-state index in [4.69, 9.17) is 5.11 Å². The van der Waals surface area contributed by atoms with Crippen LogP contribution in [0.5, 0.6) is 0 Å². The van der Waals surface area contributed by atoms with E-state index in [0.717, 1.165) is 6.26 Å². The summed E-state index contributed by atoms with van der Waals surface area (Å²) < 4.78 is 24.0. The number of nitrogens with one attached hydrogen (secondary N) is 2. The molecule has 0 spiro atoms. The number of rotatable bonds is 6. The minimum atomic E-state index is -3.19. The van der Waals surface area contributed by atoms with Crippen LogP contribution in [-0.2, 0) is 10.0 Å². The molecule has 0 aliphatic carbocycles. The molecule has 1 aromatic rings. The van der Waals surface area contributed by atoms with Crippen LogP contribution in [-0.4, -0.2) is 45.4 Å². The molecule has 0 aromatic heterocycles. The number of amides is 1. The lowest BCUT2D eigenvalue weighted by Gasteiger charge is -2.06. The summed E-state index contributed by atoms with van der Waals surface area (Å²) in [5.41, 5.74) is 1.12. The number of carbonyl (C=O) groups excluding carboxylic acids is 1. The van der Waals surface area contributed by atoms with E-state index in [0.29, 0.717) is 24.1 Å². The molecule has 6 nitrogen and oxygen atoms in total. The predicted octanol–water partition coefficient (Wildman–Crippen LogP) is -0.300. The summed E-state index contributed by atoms with van der Waals surface area (Å²) >= 11 is 0. The van der Waals surface area contributed by atoms with Gasteiger partial charge >= 0.3 is 0 Å². The Morgan fingerprint density at radius 3 is 2.76 bits per heavy atom. The number of hydrogen-bond donors (Lipinski definition) is 3. The third-order valence-corrected chi connectivity index (χ3v) is 3.17. The first-order valence-electron chi connectivity index (χ1n) is 6.35. The lowest BCUT2D eigenvalue weighted by Crippen LogP contribution is -2.29. The van der Waals surface area contributed by atoms with Crippen molar-refractivity contribution in [2.45, 2.75) is 6.42 Å². The van der Waals surface area contributed by atoms with Gasteiger partial charge < -0.3 is 10.4 Å². The van der Waals surface area contributed by atoms with Gasteiger partial charge in [-0.15, -0.1) is 0 Å². The van der Waals surface area contributed by atoms with Crippen molar-refractivity contribution in [2.75, 3.05) is 26.0 Å². The van der Waals surface area contributed by atoms with Crippen molar-refractivity contribution in [3.63, 3.8) is 0 Å². The van der Waals surface area contributed by atoms with Crippen LogP contribution in [0.2, 0.25) is 0 Å². The second-order valence-electron chi connectivity index (χ2n) is 4.32. The van der Waals surface area contributed by atoms with Crippen molar-refractivity contribution in [1.29, 1.82) is 0 Å². The molecule has 0 saturated heterocycles. The molecule has 0 aliphatic heterocycles. The largest absolute Gasteiger partial charge is 0.384 e. The second kappa shape index (κ2) is 8.42. The number of aliphatic hydroxyl groups is 1. The van der Waals surface area contributed by atoms with E-state index < -0.39 is 10.0 Å². The Kier molecular flexibility index (Phi) is 6.88. The van der Waals surface area contributed by atoms with Gasteiger partial charge in [0.25, 0.3) is 5.91 Å². The van der Waals surface area contributed by atoms with Crippen molar-refractivity contribution >= 4 is 15.9 Å². The van der Waals surface area contributed by atoms with E-state index in [1.165, 1.54) is 0 Å². The molecule has 1 rings (SSSR count). The molecule has 0 saturated carbocycles. The maximum Gasteiger partial charge on any atom is 0.251 e. The molecule has 0 aliphatic rings. The van der Waals surface area contributed by atoms with Gasteiger partial charge in [0.05, 0.1) is 6.26 Å². The van der Waals surface area contributed by atoms with Crippen LogP contribution in [0.3, 0.4) is 0 Å². The van der Waals surface area contributed by atoms with Gasteiger partial charge in [-0.1, -0.05) is 17.9 Å². The fraction of sp³-hybridized carbons (Fsp3) is 0.357. The molecule has 0 bridgehead atoms. The number of sulfonamides is 1. The van der Waals surface area contributed by atoms with E-state index in [1.54, 1.807) is 24.3 Å². The van der Waals surface area contributed by atoms with Crippen LogP contribution in [0.4, 0.5) is 0 Å². The maximum absolute atomic E-state index is 11.9. The molecular weight excluding hydrogens is 292 g/mol. The van der Waals surface area contributed by atoms with Crippen LogP contribution >= 0.6 is 0 Å². The molecule has 0 fully saturated rings. The topological polar surface area (TPSA) is 95.5 Å². The number of aliphatic hydroxyl groups excluding tert-OH is 1. The van der Waals surface area contributed by atoms with Crippen LogP contribution in [0, 0.1) is 11.8 Å². The van der Waals surface area contributed by atoms with E-state index in [1.807, 2.05) is 0 Å². The molecule has 3 N–H and O–H groups in total. The van der Waals surface area contributed by atoms with Crippen molar-refractivity contribution in [1.82, 2.24) is 10.0 Å². The zero-order chi connectivity index (χ0) is 15.7. The fourth-order valence-corrected chi connectivity index (χ4v) is 2.04. The van der Waals surface area contributed by atoms with Gasteiger partial charge in [-0.2, -0.15) is 0 Å². The molecule has 1 aromatic carbocycles. The van der Waals surface area contributed by atoms with Crippen LogP contribution < -0.4 is 10.0 Å². The minimum Gasteiger partial charge on any atom is -0.384 e. The fourth-order valence-electron chi connectivity index (χ4n) is 1.53. The van der Waals surface area contributed by atoms with E-state index in [2.05, 4.69) is 21.9 Å². The second-order valence-corrected chi connectivity index (χ2v) is 6.15. The highest BCUT2D eigenvalue weighted by Gasteiger charge is 2.05. The number of benzene rings is 1. The van der Waals surface area contributed by atoms with E-state index in [-0.39, 0.29) is 19.1 Å². The number of hydrogen-bond acceptors (Lipinski definition) is 4. The average Bonchev–Trinajstić information content (AvgIpc) is 2.43.